The third kappa shape index (κ3) is 4.04. The highest BCUT2D eigenvalue weighted by Gasteiger charge is 2.25. The van der Waals surface area contributed by atoms with E-state index < -0.39 is 6.04 Å². The minimum atomic E-state index is -0.499. The van der Waals surface area contributed by atoms with Crippen molar-refractivity contribution in [3.05, 3.63) is 24.2 Å². The molecule has 0 bridgehead atoms. The van der Waals surface area contributed by atoms with Gasteiger partial charge in [-0.2, -0.15) is 5.10 Å². The van der Waals surface area contributed by atoms with Gasteiger partial charge in [-0.3, -0.25) is 14.8 Å². The minimum absolute atomic E-state index is 0.198. The molecule has 0 aromatic carbocycles. The number of aryl methyl sites for hydroxylation is 2. The molecule has 2 heterocycles. The highest BCUT2D eigenvalue weighted by molar-refractivity contribution is 5.93. The van der Waals surface area contributed by atoms with Gasteiger partial charge in [0.25, 0.3) is 0 Å². The number of carbonyl (C=O) groups is 1. The first-order valence-electron chi connectivity index (χ1n) is 8.93. The molecule has 0 spiro atoms. The maximum atomic E-state index is 12.4. The fourth-order valence-corrected chi connectivity index (χ4v) is 3.55. The number of amides is 1. The number of anilines is 1. The van der Waals surface area contributed by atoms with E-state index in [0.29, 0.717) is 0 Å². The van der Waals surface area contributed by atoms with Crippen LogP contribution in [0.25, 0.3) is 11.3 Å². The minimum Gasteiger partial charge on any atom is -0.320 e. The van der Waals surface area contributed by atoms with Crippen LogP contribution in [-0.2, 0) is 11.8 Å². The number of hydrogen-bond acceptors (Lipinski definition) is 5. The Balaban J connectivity index is 1.65. The molecular weight excluding hydrogens is 316 g/mol. The summed E-state index contributed by atoms with van der Waals surface area (Å²) >= 11 is 0. The monoisotopic (exact) mass is 342 g/mol. The summed E-state index contributed by atoms with van der Waals surface area (Å²) in [7, 11) is 1.88. The van der Waals surface area contributed by atoms with Crippen LogP contribution in [0.2, 0.25) is 0 Å². The molecule has 1 fully saturated rings. The quantitative estimate of drug-likeness (QED) is 0.831. The number of nitrogens with one attached hydrogen (secondary N) is 1. The second-order valence-corrected chi connectivity index (χ2v) is 6.86. The van der Waals surface area contributed by atoms with Crippen molar-refractivity contribution in [3.63, 3.8) is 0 Å². The zero-order chi connectivity index (χ0) is 17.8. The number of nitrogens with two attached hydrogens (primary N) is 1. The van der Waals surface area contributed by atoms with Gasteiger partial charge < -0.3 is 5.73 Å². The lowest BCUT2D eigenvalue weighted by Crippen LogP contribution is -2.42. The van der Waals surface area contributed by atoms with Crippen molar-refractivity contribution in [2.45, 2.75) is 51.5 Å². The topological polar surface area (TPSA) is 98.7 Å². The Kier molecular flexibility index (Phi) is 5.43. The molecule has 1 aliphatic rings. The molecule has 0 radical (unpaired) electrons. The van der Waals surface area contributed by atoms with Crippen molar-refractivity contribution < 1.29 is 4.79 Å². The molecule has 7 nitrogen and oxygen atoms in total. The largest absolute Gasteiger partial charge is 0.320 e. The van der Waals surface area contributed by atoms with E-state index in [-0.39, 0.29) is 17.8 Å². The molecule has 1 amide bonds. The molecule has 134 valence electrons. The summed E-state index contributed by atoms with van der Waals surface area (Å²) < 4.78 is 1.79. The fourth-order valence-electron chi connectivity index (χ4n) is 3.55. The highest BCUT2D eigenvalue weighted by atomic mass is 16.2. The third-order valence-electron chi connectivity index (χ3n) is 4.99. The van der Waals surface area contributed by atoms with Crippen LogP contribution in [0.5, 0.6) is 0 Å². The number of aromatic nitrogens is 4. The van der Waals surface area contributed by atoms with Gasteiger partial charge in [0.1, 0.15) is 0 Å². The Bertz CT molecular complexity index is 696. The lowest BCUT2D eigenvalue weighted by atomic mass is 9.92. The lowest BCUT2D eigenvalue weighted by molar-refractivity contribution is -0.118. The van der Waals surface area contributed by atoms with E-state index in [1.807, 2.05) is 14.0 Å². The van der Waals surface area contributed by atoms with Crippen LogP contribution >= 0.6 is 0 Å². The zero-order valence-corrected chi connectivity index (χ0v) is 14.9. The average Bonchev–Trinajstić information content (AvgIpc) is 2.82. The average molecular weight is 342 g/mol. The number of hydrogen-bond donors (Lipinski definition) is 2. The molecule has 1 aliphatic carbocycles. The Labute approximate surface area is 148 Å². The Morgan fingerprint density at radius 3 is 2.40 bits per heavy atom. The maximum absolute atomic E-state index is 12.4. The maximum Gasteiger partial charge on any atom is 0.243 e. The summed E-state index contributed by atoms with van der Waals surface area (Å²) in [5.41, 5.74) is 9.06. The van der Waals surface area contributed by atoms with Crippen molar-refractivity contribution in [2.24, 2.45) is 18.7 Å². The van der Waals surface area contributed by atoms with Crippen LogP contribution in [0.1, 0.15) is 44.1 Å². The van der Waals surface area contributed by atoms with Gasteiger partial charge in [0.15, 0.2) is 0 Å². The van der Waals surface area contributed by atoms with E-state index in [4.69, 9.17) is 5.73 Å². The predicted molar refractivity (Wildman–Crippen MR) is 96.8 cm³/mol. The van der Waals surface area contributed by atoms with Gasteiger partial charge in [0.05, 0.1) is 17.9 Å². The first-order valence-corrected chi connectivity index (χ1v) is 8.93. The molecule has 0 unspecified atom stereocenters. The Hall–Kier alpha value is -2.28. The molecule has 3 N–H and O–H groups in total. The highest BCUT2D eigenvalue weighted by Crippen LogP contribution is 2.25. The van der Waals surface area contributed by atoms with Gasteiger partial charge in [-0.1, -0.05) is 25.7 Å². The SMILES string of the molecule is Cc1cnn(C)c1-c1cnc(NC(=O)[C@@H](N)C2CCCCCC2)nc1. The van der Waals surface area contributed by atoms with Crippen LogP contribution in [0, 0.1) is 12.8 Å². The van der Waals surface area contributed by atoms with Crippen molar-refractivity contribution in [1.82, 2.24) is 19.7 Å². The zero-order valence-electron chi connectivity index (χ0n) is 14.9. The summed E-state index contributed by atoms with van der Waals surface area (Å²) in [6.45, 7) is 1.99. The molecule has 0 saturated heterocycles. The fraction of sp³-hybridized carbons (Fsp3) is 0.556. The van der Waals surface area contributed by atoms with E-state index in [1.54, 1.807) is 23.3 Å². The molecule has 25 heavy (non-hydrogen) atoms. The number of carbonyl (C=O) groups excluding carboxylic acids is 1. The van der Waals surface area contributed by atoms with Crippen LogP contribution in [0.15, 0.2) is 18.6 Å². The van der Waals surface area contributed by atoms with E-state index >= 15 is 0 Å². The van der Waals surface area contributed by atoms with Crippen LogP contribution in [0.4, 0.5) is 5.95 Å². The molecule has 0 aliphatic heterocycles. The van der Waals surface area contributed by atoms with E-state index in [1.165, 1.54) is 12.8 Å². The normalized spacial score (nSPS) is 17.1. The molecular formula is C18H26N6O. The summed E-state index contributed by atoms with van der Waals surface area (Å²) in [5, 5.41) is 6.97. The first-order chi connectivity index (χ1) is 12.1. The van der Waals surface area contributed by atoms with Gasteiger partial charge in [0, 0.05) is 25.0 Å². The Morgan fingerprint density at radius 2 is 1.84 bits per heavy atom. The molecule has 2 aromatic rings. The number of rotatable bonds is 4. The van der Waals surface area contributed by atoms with Gasteiger partial charge in [-0.05, 0) is 31.2 Å². The smallest absolute Gasteiger partial charge is 0.243 e. The molecule has 2 aromatic heterocycles. The van der Waals surface area contributed by atoms with Crippen LogP contribution in [0.3, 0.4) is 0 Å². The van der Waals surface area contributed by atoms with E-state index in [9.17, 15) is 4.79 Å². The summed E-state index contributed by atoms with van der Waals surface area (Å²) in [4.78, 5) is 20.9. The van der Waals surface area contributed by atoms with Crippen LogP contribution in [-0.4, -0.2) is 31.7 Å². The number of nitrogens with zero attached hydrogens (tertiary/aromatic N) is 4. The molecule has 1 saturated carbocycles. The summed E-state index contributed by atoms with van der Waals surface area (Å²) in [5.74, 6) is 0.341. The molecule has 1 atom stereocenters. The Morgan fingerprint density at radius 1 is 1.20 bits per heavy atom. The molecule has 3 rings (SSSR count). The summed E-state index contributed by atoms with van der Waals surface area (Å²) in [6, 6.07) is -0.499. The van der Waals surface area contributed by atoms with Crippen molar-refractivity contribution in [2.75, 3.05) is 5.32 Å². The predicted octanol–water partition coefficient (Wildman–Crippen LogP) is 2.42. The van der Waals surface area contributed by atoms with E-state index in [2.05, 4.69) is 20.4 Å². The standard InChI is InChI=1S/C18H26N6O/c1-12-9-22-24(2)16(12)14-10-20-18(21-11-14)23-17(25)15(19)13-7-5-3-4-6-8-13/h9-11,13,15H,3-8,19H2,1-2H3,(H,20,21,23,25)/t15-/m0/s1. The first kappa shape index (κ1) is 17.5. The second kappa shape index (κ2) is 7.74. The van der Waals surface area contributed by atoms with Gasteiger partial charge in [0.2, 0.25) is 11.9 Å². The van der Waals surface area contributed by atoms with Crippen molar-refractivity contribution in [1.29, 1.82) is 0 Å². The lowest BCUT2D eigenvalue weighted by Gasteiger charge is -2.21. The molecule has 7 heteroatoms. The van der Waals surface area contributed by atoms with Gasteiger partial charge in [-0.15, -0.1) is 0 Å². The van der Waals surface area contributed by atoms with Crippen LogP contribution < -0.4 is 11.1 Å². The van der Waals surface area contributed by atoms with Crippen molar-refractivity contribution in [3.8, 4) is 11.3 Å². The van der Waals surface area contributed by atoms with Gasteiger partial charge >= 0.3 is 0 Å². The van der Waals surface area contributed by atoms with Gasteiger partial charge in [-0.25, -0.2) is 9.97 Å². The van der Waals surface area contributed by atoms with E-state index in [0.717, 1.165) is 42.5 Å². The van der Waals surface area contributed by atoms with Crippen molar-refractivity contribution >= 4 is 11.9 Å². The second-order valence-electron chi connectivity index (χ2n) is 6.86. The third-order valence-corrected chi connectivity index (χ3v) is 4.99. The summed E-state index contributed by atoms with van der Waals surface area (Å²) in [6.07, 6.45) is 12.0.